The standard InChI is InChI=1S/C13H24N4O/c1-5-17-11-6-7-16(8-10(11)14-15-17)9-12(18)13(2,3)4/h12,18H,5-9H2,1-4H3/p+1. The van der Waals surface area contributed by atoms with Crippen LogP contribution in [0.15, 0.2) is 0 Å². The van der Waals surface area contributed by atoms with Crippen molar-refractivity contribution in [3.8, 4) is 0 Å². The van der Waals surface area contributed by atoms with Crippen molar-refractivity contribution in [1.29, 1.82) is 0 Å². The van der Waals surface area contributed by atoms with Gasteiger partial charge in [-0.1, -0.05) is 26.0 Å². The van der Waals surface area contributed by atoms with Crippen LogP contribution in [-0.4, -0.2) is 39.3 Å². The van der Waals surface area contributed by atoms with E-state index in [9.17, 15) is 5.11 Å². The summed E-state index contributed by atoms with van der Waals surface area (Å²) in [5, 5.41) is 18.6. The van der Waals surface area contributed by atoms with Crippen LogP contribution in [0.3, 0.4) is 0 Å². The van der Waals surface area contributed by atoms with Gasteiger partial charge in [0.25, 0.3) is 0 Å². The van der Waals surface area contributed by atoms with Crippen molar-refractivity contribution in [1.82, 2.24) is 15.0 Å². The van der Waals surface area contributed by atoms with Gasteiger partial charge in [0.2, 0.25) is 0 Å². The van der Waals surface area contributed by atoms with Gasteiger partial charge in [-0.25, -0.2) is 4.68 Å². The first-order valence-electron chi connectivity index (χ1n) is 6.84. The molecule has 1 aliphatic heterocycles. The van der Waals surface area contributed by atoms with Crippen molar-refractivity contribution in [2.45, 2.75) is 53.3 Å². The number of rotatable bonds is 3. The summed E-state index contributed by atoms with van der Waals surface area (Å²) in [5.41, 5.74) is 2.35. The molecule has 2 atom stereocenters. The summed E-state index contributed by atoms with van der Waals surface area (Å²) in [6.45, 7) is 12.0. The Kier molecular flexibility index (Phi) is 3.73. The number of nitrogens with one attached hydrogen (secondary N) is 1. The molecule has 1 aliphatic rings. The Morgan fingerprint density at radius 1 is 1.44 bits per heavy atom. The number of aliphatic hydroxyl groups excluding tert-OH is 1. The lowest BCUT2D eigenvalue weighted by Gasteiger charge is -2.31. The predicted molar refractivity (Wildman–Crippen MR) is 69.3 cm³/mol. The lowest BCUT2D eigenvalue weighted by molar-refractivity contribution is -0.920. The van der Waals surface area contributed by atoms with E-state index in [1.165, 1.54) is 10.6 Å². The van der Waals surface area contributed by atoms with Crippen molar-refractivity contribution < 1.29 is 10.0 Å². The molecule has 0 radical (unpaired) electrons. The number of fused-ring (bicyclic) bond motifs is 1. The summed E-state index contributed by atoms with van der Waals surface area (Å²) in [6, 6.07) is 0. The molecule has 18 heavy (non-hydrogen) atoms. The fraction of sp³-hybridized carbons (Fsp3) is 0.846. The maximum atomic E-state index is 10.2. The van der Waals surface area contributed by atoms with Gasteiger partial charge in [-0.05, 0) is 12.3 Å². The molecule has 0 aromatic carbocycles. The van der Waals surface area contributed by atoms with Crippen LogP contribution in [0.5, 0.6) is 0 Å². The topological polar surface area (TPSA) is 55.4 Å². The predicted octanol–water partition coefficient (Wildman–Crippen LogP) is -0.354. The van der Waals surface area contributed by atoms with E-state index in [1.54, 1.807) is 0 Å². The second-order valence-electron chi connectivity index (χ2n) is 6.31. The van der Waals surface area contributed by atoms with E-state index in [-0.39, 0.29) is 11.5 Å². The van der Waals surface area contributed by atoms with Gasteiger partial charge in [-0.2, -0.15) is 0 Å². The smallest absolute Gasteiger partial charge is 0.140 e. The SMILES string of the molecule is CCn1nnc2c1CC[NH+](CC(O)C(C)(C)C)C2. The van der Waals surface area contributed by atoms with Crippen molar-refractivity contribution in [3.63, 3.8) is 0 Å². The van der Waals surface area contributed by atoms with Crippen LogP contribution in [0.4, 0.5) is 0 Å². The van der Waals surface area contributed by atoms with E-state index >= 15 is 0 Å². The van der Waals surface area contributed by atoms with E-state index in [2.05, 4.69) is 38.0 Å². The van der Waals surface area contributed by atoms with Crippen LogP contribution in [-0.2, 0) is 19.5 Å². The molecule has 1 aromatic rings. The second kappa shape index (κ2) is 4.97. The Labute approximate surface area is 109 Å². The van der Waals surface area contributed by atoms with Gasteiger partial charge in [-0.15, -0.1) is 5.10 Å². The van der Waals surface area contributed by atoms with Crippen LogP contribution in [0, 0.1) is 5.41 Å². The normalized spacial score (nSPS) is 21.7. The summed E-state index contributed by atoms with van der Waals surface area (Å²) in [7, 11) is 0. The zero-order valence-corrected chi connectivity index (χ0v) is 11.9. The maximum absolute atomic E-state index is 10.2. The average molecular weight is 253 g/mol. The van der Waals surface area contributed by atoms with Crippen molar-refractivity contribution in [2.24, 2.45) is 5.41 Å². The first kappa shape index (κ1) is 13.5. The van der Waals surface area contributed by atoms with Crippen LogP contribution in [0.25, 0.3) is 0 Å². The summed E-state index contributed by atoms with van der Waals surface area (Å²) < 4.78 is 1.99. The van der Waals surface area contributed by atoms with Crippen LogP contribution in [0.2, 0.25) is 0 Å². The van der Waals surface area contributed by atoms with Gasteiger partial charge in [0.15, 0.2) is 0 Å². The zero-order chi connectivity index (χ0) is 13.3. The molecule has 0 spiro atoms. The fourth-order valence-corrected chi connectivity index (χ4v) is 2.41. The molecule has 0 saturated carbocycles. The van der Waals surface area contributed by atoms with Crippen molar-refractivity contribution in [2.75, 3.05) is 13.1 Å². The molecule has 1 aromatic heterocycles. The van der Waals surface area contributed by atoms with Crippen molar-refractivity contribution in [3.05, 3.63) is 11.4 Å². The molecular weight excluding hydrogens is 228 g/mol. The van der Waals surface area contributed by atoms with Gasteiger partial charge in [0.05, 0.1) is 12.2 Å². The fourth-order valence-electron chi connectivity index (χ4n) is 2.41. The van der Waals surface area contributed by atoms with E-state index in [0.717, 1.165) is 38.3 Å². The Morgan fingerprint density at radius 2 is 2.17 bits per heavy atom. The molecule has 0 aliphatic carbocycles. The van der Waals surface area contributed by atoms with Gasteiger partial charge in [0.1, 0.15) is 24.9 Å². The highest BCUT2D eigenvalue weighted by molar-refractivity contribution is 5.10. The minimum atomic E-state index is -0.268. The average Bonchev–Trinajstić information content (AvgIpc) is 2.69. The minimum absolute atomic E-state index is 0.0473. The highest BCUT2D eigenvalue weighted by Crippen LogP contribution is 2.18. The molecule has 0 fully saturated rings. The Hall–Kier alpha value is -0.940. The summed E-state index contributed by atoms with van der Waals surface area (Å²) in [4.78, 5) is 1.41. The number of aliphatic hydroxyl groups is 1. The van der Waals surface area contributed by atoms with Gasteiger partial charge in [0, 0.05) is 13.0 Å². The summed E-state index contributed by atoms with van der Waals surface area (Å²) in [6.07, 6.45) is 0.748. The van der Waals surface area contributed by atoms with Gasteiger partial charge >= 0.3 is 0 Å². The Bertz CT molecular complexity index is 408. The zero-order valence-electron chi connectivity index (χ0n) is 11.9. The summed E-state index contributed by atoms with van der Waals surface area (Å²) >= 11 is 0. The lowest BCUT2D eigenvalue weighted by Crippen LogP contribution is -3.13. The molecule has 2 N–H and O–H groups in total. The van der Waals surface area contributed by atoms with Crippen molar-refractivity contribution >= 4 is 0 Å². The molecule has 102 valence electrons. The molecule has 0 saturated heterocycles. The third-order valence-electron chi connectivity index (χ3n) is 3.83. The Balaban J connectivity index is 2.00. The third kappa shape index (κ3) is 2.72. The Morgan fingerprint density at radius 3 is 2.78 bits per heavy atom. The monoisotopic (exact) mass is 253 g/mol. The van der Waals surface area contributed by atoms with E-state index < -0.39 is 0 Å². The van der Waals surface area contributed by atoms with Gasteiger partial charge in [-0.3, -0.25) is 0 Å². The summed E-state index contributed by atoms with van der Waals surface area (Å²) in [5.74, 6) is 0. The maximum Gasteiger partial charge on any atom is 0.140 e. The molecule has 2 unspecified atom stereocenters. The minimum Gasteiger partial charge on any atom is -0.387 e. The van der Waals surface area contributed by atoms with Crippen LogP contribution in [0.1, 0.15) is 39.1 Å². The first-order chi connectivity index (χ1) is 8.41. The number of aromatic nitrogens is 3. The molecular formula is C13H25N4O+. The molecule has 2 rings (SSSR count). The highest BCUT2D eigenvalue weighted by atomic mass is 16.3. The second-order valence-corrected chi connectivity index (χ2v) is 6.31. The number of hydrogen-bond acceptors (Lipinski definition) is 3. The molecule has 0 amide bonds. The molecule has 2 heterocycles. The quantitative estimate of drug-likeness (QED) is 0.774. The van der Waals surface area contributed by atoms with E-state index in [0.29, 0.717) is 0 Å². The lowest BCUT2D eigenvalue weighted by atomic mass is 9.88. The first-order valence-corrected chi connectivity index (χ1v) is 6.84. The third-order valence-corrected chi connectivity index (χ3v) is 3.83. The number of hydrogen-bond donors (Lipinski definition) is 2. The largest absolute Gasteiger partial charge is 0.387 e. The van der Waals surface area contributed by atoms with E-state index in [1.807, 2.05) is 4.68 Å². The molecule has 5 nitrogen and oxygen atoms in total. The van der Waals surface area contributed by atoms with E-state index in [4.69, 9.17) is 0 Å². The number of aryl methyl sites for hydroxylation is 1. The number of nitrogens with zero attached hydrogens (tertiary/aromatic N) is 3. The molecule has 5 heteroatoms. The molecule has 0 bridgehead atoms. The van der Waals surface area contributed by atoms with Crippen LogP contribution >= 0.6 is 0 Å². The highest BCUT2D eigenvalue weighted by Gasteiger charge is 2.30. The van der Waals surface area contributed by atoms with Gasteiger partial charge < -0.3 is 10.0 Å². The number of quaternary nitrogens is 1. The van der Waals surface area contributed by atoms with Crippen LogP contribution < -0.4 is 4.90 Å².